The number of fused-ring (bicyclic) bond motifs is 1. The molecule has 40 heavy (non-hydrogen) atoms. The van der Waals surface area contributed by atoms with Crippen molar-refractivity contribution in [2.45, 2.75) is 38.2 Å². The van der Waals surface area contributed by atoms with Crippen LogP contribution in [0, 0.1) is 6.92 Å². The first kappa shape index (κ1) is 28.7. The zero-order chi connectivity index (χ0) is 29.4. The van der Waals surface area contributed by atoms with E-state index in [4.69, 9.17) is 14.6 Å². The first-order valence-electron chi connectivity index (χ1n) is 11.8. The zero-order valence-electron chi connectivity index (χ0n) is 21.1. The Morgan fingerprint density at radius 2 is 1.82 bits per heavy atom. The number of amides is 1. The summed E-state index contributed by atoms with van der Waals surface area (Å²) in [4.78, 5) is 28.0. The van der Waals surface area contributed by atoms with Gasteiger partial charge in [-0.25, -0.2) is 4.98 Å². The zero-order valence-corrected chi connectivity index (χ0v) is 21.1. The van der Waals surface area contributed by atoms with Gasteiger partial charge in [0.1, 0.15) is 5.75 Å². The molecular formula is C27H22F6N2O5. The number of pyridine rings is 1. The Morgan fingerprint density at radius 3 is 2.40 bits per heavy atom. The van der Waals surface area contributed by atoms with Crippen molar-refractivity contribution in [3.8, 4) is 22.8 Å². The quantitative estimate of drug-likeness (QED) is 0.345. The number of alkyl halides is 6. The molecule has 0 saturated carbocycles. The van der Waals surface area contributed by atoms with Crippen molar-refractivity contribution >= 4 is 17.6 Å². The molecule has 0 bridgehead atoms. The Balaban J connectivity index is 1.79. The van der Waals surface area contributed by atoms with Crippen LogP contribution >= 0.6 is 0 Å². The number of halogens is 6. The van der Waals surface area contributed by atoms with Crippen LogP contribution in [0.15, 0.2) is 48.7 Å². The predicted octanol–water partition coefficient (Wildman–Crippen LogP) is 6.13. The maximum absolute atomic E-state index is 13.9. The number of aromatic nitrogens is 1. The Bertz CT molecular complexity index is 1440. The molecule has 2 aromatic carbocycles. The van der Waals surface area contributed by atoms with Crippen molar-refractivity contribution < 1.29 is 50.5 Å². The van der Waals surface area contributed by atoms with Gasteiger partial charge < -0.3 is 19.5 Å². The van der Waals surface area contributed by atoms with Gasteiger partial charge in [-0.3, -0.25) is 9.59 Å². The number of carbonyl (C=O) groups excluding carboxylic acids is 1. The number of anilines is 1. The van der Waals surface area contributed by atoms with Gasteiger partial charge >= 0.3 is 24.2 Å². The Kier molecular flexibility index (Phi) is 7.68. The van der Waals surface area contributed by atoms with Gasteiger partial charge in [0.2, 0.25) is 5.88 Å². The molecule has 1 atom stereocenters. The van der Waals surface area contributed by atoms with Crippen LogP contribution < -0.4 is 14.4 Å². The van der Waals surface area contributed by atoms with Gasteiger partial charge in [0, 0.05) is 41.1 Å². The highest BCUT2D eigenvalue weighted by Gasteiger charge is 2.44. The van der Waals surface area contributed by atoms with Crippen LogP contribution in [0.5, 0.6) is 11.6 Å². The fraction of sp³-hybridized carbons (Fsp3) is 0.296. The van der Waals surface area contributed by atoms with Gasteiger partial charge in [-0.1, -0.05) is 12.1 Å². The maximum Gasteiger partial charge on any atom is 0.471 e. The summed E-state index contributed by atoms with van der Waals surface area (Å²) in [6.45, 7) is 0.606. The number of hydrogen-bond acceptors (Lipinski definition) is 5. The molecule has 7 nitrogen and oxygen atoms in total. The highest BCUT2D eigenvalue weighted by atomic mass is 19.4. The minimum Gasteiger partial charge on any atom is -0.493 e. The monoisotopic (exact) mass is 568 g/mol. The third-order valence-electron chi connectivity index (χ3n) is 6.54. The van der Waals surface area contributed by atoms with E-state index in [-0.39, 0.29) is 52.6 Å². The molecule has 0 aliphatic carbocycles. The van der Waals surface area contributed by atoms with Crippen LogP contribution in [0.3, 0.4) is 0 Å². The normalized spacial score (nSPS) is 14.8. The number of carboxylic acids is 1. The number of rotatable bonds is 7. The lowest BCUT2D eigenvalue weighted by molar-refractivity contribution is -0.170. The number of benzene rings is 2. The molecule has 2 heterocycles. The largest absolute Gasteiger partial charge is 0.493 e. The lowest BCUT2D eigenvalue weighted by Gasteiger charge is -2.26. The smallest absolute Gasteiger partial charge is 0.471 e. The topological polar surface area (TPSA) is 89.0 Å². The Morgan fingerprint density at radius 1 is 1.10 bits per heavy atom. The third-order valence-corrected chi connectivity index (χ3v) is 6.54. The van der Waals surface area contributed by atoms with Crippen molar-refractivity contribution in [2.75, 3.05) is 18.6 Å². The summed E-state index contributed by atoms with van der Waals surface area (Å²) in [7, 11) is 1.33. The van der Waals surface area contributed by atoms with Crippen LogP contribution in [0.4, 0.5) is 32.0 Å². The van der Waals surface area contributed by atoms with Crippen LogP contribution in [-0.2, 0) is 22.3 Å². The molecule has 212 valence electrons. The molecule has 1 N–H and O–H groups in total. The number of hydrogen-bond donors (Lipinski definition) is 1. The van der Waals surface area contributed by atoms with Crippen molar-refractivity contribution in [3.05, 3.63) is 70.9 Å². The minimum absolute atomic E-state index is 0.000647. The molecule has 0 spiro atoms. The summed E-state index contributed by atoms with van der Waals surface area (Å²) < 4.78 is 93.2. The highest BCUT2D eigenvalue weighted by Crippen LogP contribution is 2.42. The number of methoxy groups -OCH3 is 1. The first-order chi connectivity index (χ1) is 18.7. The van der Waals surface area contributed by atoms with Crippen LogP contribution in [-0.4, -0.2) is 41.9 Å². The van der Waals surface area contributed by atoms with E-state index in [2.05, 4.69) is 4.98 Å². The van der Waals surface area contributed by atoms with E-state index in [1.807, 2.05) is 0 Å². The standard InChI is InChI=1S/C27H22F6N2O5/c1-14-16(3-7-20(26(28,29)30)24(14)15-4-8-22(39-2)34-11-15)12-35(25(38)27(31,32)33)18-5-6-19-17(9-23(36)37)13-40-21(19)10-18/h3-8,10-11,17H,9,12-13H2,1-2H3,(H,36,37)/t17-/m1/s1. The van der Waals surface area contributed by atoms with E-state index >= 15 is 0 Å². The fourth-order valence-corrected chi connectivity index (χ4v) is 4.60. The molecule has 1 aliphatic heterocycles. The summed E-state index contributed by atoms with van der Waals surface area (Å²) in [5.41, 5.74) is -0.994. The summed E-state index contributed by atoms with van der Waals surface area (Å²) in [5, 5.41) is 9.08. The van der Waals surface area contributed by atoms with E-state index in [1.54, 1.807) is 0 Å². The molecule has 13 heteroatoms. The Labute approximate surface area is 224 Å². The molecule has 1 aromatic heterocycles. The number of carboxylic acid groups (broad SMARTS) is 1. The lowest BCUT2D eigenvalue weighted by atomic mass is 9.91. The number of nitrogens with zero attached hydrogens (tertiary/aromatic N) is 2. The van der Waals surface area contributed by atoms with Gasteiger partial charge in [0.25, 0.3) is 0 Å². The van der Waals surface area contributed by atoms with Crippen molar-refractivity contribution in [1.82, 2.24) is 4.98 Å². The summed E-state index contributed by atoms with van der Waals surface area (Å²) >= 11 is 0. The SMILES string of the molecule is COc1ccc(-c2c(C(F)(F)F)ccc(CN(C(=O)C(F)(F)F)c3ccc4c(c3)OC[C@H]4CC(=O)O)c2C)cn1. The first-order valence-corrected chi connectivity index (χ1v) is 11.8. The summed E-state index contributed by atoms with van der Waals surface area (Å²) in [6, 6.07) is 8.27. The highest BCUT2D eigenvalue weighted by molar-refractivity contribution is 5.97. The van der Waals surface area contributed by atoms with Gasteiger partial charge in [-0.15, -0.1) is 0 Å². The molecule has 3 aromatic rings. The predicted molar refractivity (Wildman–Crippen MR) is 130 cm³/mol. The summed E-state index contributed by atoms with van der Waals surface area (Å²) in [6.07, 6.45) is -9.19. The third kappa shape index (κ3) is 5.82. The van der Waals surface area contributed by atoms with Crippen molar-refractivity contribution in [2.24, 2.45) is 0 Å². The molecule has 0 saturated heterocycles. The average Bonchev–Trinajstić information content (AvgIpc) is 3.27. The van der Waals surface area contributed by atoms with Gasteiger partial charge in [0.15, 0.2) is 0 Å². The number of aliphatic carboxylic acids is 1. The Hall–Kier alpha value is -4.29. The molecule has 1 amide bonds. The molecule has 1 aliphatic rings. The van der Waals surface area contributed by atoms with Crippen LogP contribution in [0.1, 0.15) is 34.6 Å². The van der Waals surface area contributed by atoms with Gasteiger partial charge in [-0.2, -0.15) is 26.3 Å². The van der Waals surface area contributed by atoms with Crippen molar-refractivity contribution in [1.29, 1.82) is 0 Å². The van der Waals surface area contributed by atoms with Gasteiger partial charge in [-0.05, 0) is 41.8 Å². The molecule has 0 fully saturated rings. The fourth-order valence-electron chi connectivity index (χ4n) is 4.60. The van der Waals surface area contributed by atoms with Crippen molar-refractivity contribution in [3.63, 3.8) is 0 Å². The van der Waals surface area contributed by atoms with E-state index in [0.29, 0.717) is 10.5 Å². The second-order valence-electron chi connectivity index (χ2n) is 9.08. The number of carbonyl (C=O) groups is 2. The van der Waals surface area contributed by atoms with E-state index in [1.165, 1.54) is 44.4 Å². The molecule has 0 radical (unpaired) electrons. The van der Waals surface area contributed by atoms with Crippen LogP contribution in [0.2, 0.25) is 0 Å². The van der Waals surface area contributed by atoms with E-state index in [0.717, 1.165) is 18.3 Å². The molecule has 0 unspecified atom stereocenters. The maximum atomic E-state index is 13.9. The van der Waals surface area contributed by atoms with E-state index in [9.17, 15) is 35.9 Å². The lowest BCUT2D eigenvalue weighted by Crippen LogP contribution is -2.41. The van der Waals surface area contributed by atoms with Crippen LogP contribution in [0.25, 0.3) is 11.1 Å². The summed E-state index contributed by atoms with van der Waals surface area (Å²) in [5.74, 6) is -3.57. The second kappa shape index (κ2) is 10.7. The van der Waals surface area contributed by atoms with E-state index < -0.39 is 42.3 Å². The minimum atomic E-state index is -5.30. The van der Waals surface area contributed by atoms with Gasteiger partial charge in [0.05, 0.1) is 32.2 Å². The number of ether oxygens (including phenoxy) is 2. The second-order valence-corrected chi connectivity index (χ2v) is 9.08. The molecular weight excluding hydrogens is 546 g/mol. The average molecular weight is 568 g/mol. The molecule has 4 rings (SSSR count).